The minimum absolute atomic E-state index is 0.108. The normalized spacial score (nSPS) is 21.1. The Balaban J connectivity index is 2.22. The number of hydrazone groups is 1. The quantitative estimate of drug-likeness (QED) is 0.506. The SMILES string of the molecule is O=C1NN=C/C(=N/N=C\c2c(F)cccc2Cl)C1Cl. The third kappa shape index (κ3) is 3.15. The largest absolute Gasteiger partial charge is 0.271 e. The van der Waals surface area contributed by atoms with Crippen molar-refractivity contribution in [2.45, 2.75) is 5.38 Å². The molecule has 2 rings (SSSR count). The van der Waals surface area contributed by atoms with Crippen LogP contribution in [0, 0.1) is 5.82 Å². The first-order chi connectivity index (χ1) is 9.09. The zero-order valence-electron chi connectivity index (χ0n) is 9.35. The fraction of sp³-hybridized carbons (Fsp3) is 0.0909. The van der Waals surface area contributed by atoms with Crippen LogP contribution in [0.2, 0.25) is 5.02 Å². The lowest BCUT2D eigenvalue weighted by molar-refractivity contribution is -0.119. The number of hydrogen-bond donors (Lipinski definition) is 1. The monoisotopic (exact) mass is 300 g/mol. The summed E-state index contributed by atoms with van der Waals surface area (Å²) >= 11 is 11.6. The number of halogens is 3. The molecular weight excluding hydrogens is 294 g/mol. The Labute approximate surface area is 117 Å². The number of alkyl halides is 1. The Hall–Kier alpha value is -1.79. The van der Waals surface area contributed by atoms with Crippen molar-refractivity contribution in [3.8, 4) is 0 Å². The van der Waals surface area contributed by atoms with Crippen molar-refractivity contribution < 1.29 is 9.18 Å². The second-order valence-corrected chi connectivity index (χ2v) is 4.35. The van der Waals surface area contributed by atoms with Gasteiger partial charge in [-0.25, -0.2) is 9.82 Å². The van der Waals surface area contributed by atoms with Gasteiger partial charge in [0.1, 0.15) is 11.5 Å². The van der Waals surface area contributed by atoms with E-state index in [2.05, 4.69) is 20.7 Å². The molecule has 0 spiro atoms. The predicted octanol–water partition coefficient (Wildman–Crippen LogP) is 1.98. The van der Waals surface area contributed by atoms with E-state index in [0.717, 1.165) is 6.21 Å². The van der Waals surface area contributed by atoms with Crippen LogP contribution in [0.3, 0.4) is 0 Å². The van der Waals surface area contributed by atoms with Gasteiger partial charge in [-0.3, -0.25) is 4.79 Å². The maximum Gasteiger partial charge on any atom is 0.264 e. The predicted molar refractivity (Wildman–Crippen MR) is 72.7 cm³/mol. The van der Waals surface area contributed by atoms with E-state index < -0.39 is 17.1 Å². The van der Waals surface area contributed by atoms with Crippen LogP contribution in [0.15, 0.2) is 33.5 Å². The van der Waals surface area contributed by atoms with E-state index in [0.29, 0.717) is 0 Å². The highest BCUT2D eigenvalue weighted by Crippen LogP contribution is 2.16. The average molecular weight is 301 g/mol. The van der Waals surface area contributed by atoms with Gasteiger partial charge in [-0.1, -0.05) is 17.7 Å². The standard InChI is InChI=1S/C11H7Cl2FN4O/c12-7-2-1-3-8(14)6(7)4-15-17-9-5-16-18-11(19)10(9)13/h1-5,10H,(H,18,19)/b15-4-,17-9-. The second-order valence-electron chi connectivity index (χ2n) is 3.50. The molecular formula is C11H7Cl2FN4O. The molecule has 0 saturated carbocycles. The van der Waals surface area contributed by atoms with E-state index in [-0.39, 0.29) is 16.3 Å². The molecule has 1 aromatic rings. The lowest BCUT2D eigenvalue weighted by atomic mass is 10.2. The topological polar surface area (TPSA) is 66.2 Å². The third-order valence-corrected chi connectivity index (χ3v) is 2.97. The van der Waals surface area contributed by atoms with Crippen molar-refractivity contribution in [1.29, 1.82) is 0 Å². The van der Waals surface area contributed by atoms with E-state index in [4.69, 9.17) is 23.2 Å². The van der Waals surface area contributed by atoms with Crippen molar-refractivity contribution >= 4 is 47.2 Å². The summed E-state index contributed by atoms with van der Waals surface area (Å²) in [4.78, 5) is 11.2. The van der Waals surface area contributed by atoms with Gasteiger partial charge in [-0.15, -0.1) is 11.6 Å². The molecule has 1 aliphatic heterocycles. The Bertz CT molecular complexity index is 580. The van der Waals surface area contributed by atoms with Crippen LogP contribution in [-0.2, 0) is 4.79 Å². The Kier molecular flexibility index (Phi) is 4.24. The Morgan fingerprint density at radius 2 is 2.26 bits per heavy atom. The van der Waals surface area contributed by atoms with Crippen molar-refractivity contribution in [3.63, 3.8) is 0 Å². The smallest absolute Gasteiger partial charge is 0.264 e. The van der Waals surface area contributed by atoms with E-state index in [1.807, 2.05) is 0 Å². The lowest BCUT2D eigenvalue weighted by Crippen LogP contribution is -2.38. The lowest BCUT2D eigenvalue weighted by Gasteiger charge is -2.10. The molecule has 1 N–H and O–H groups in total. The summed E-state index contributed by atoms with van der Waals surface area (Å²) in [6.45, 7) is 0. The van der Waals surface area contributed by atoms with Gasteiger partial charge >= 0.3 is 0 Å². The highest BCUT2D eigenvalue weighted by molar-refractivity contribution is 6.54. The van der Waals surface area contributed by atoms with Gasteiger partial charge in [0.15, 0.2) is 5.38 Å². The van der Waals surface area contributed by atoms with Crippen molar-refractivity contribution in [2.24, 2.45) is 15.3 Å². The molecule has 1 atom stereocenters. The maximum atomic E-state index is 13.4. The first-order valence-electron chi connectivity index (χ1n) is 5.11. The molecule has 1 aliphatic rings. The first-order valence-corrected chi connectivity index (χ1v) is 5.93. The molecule has 1 aromatic carbocycles. The molecule has 19 heavy (non-hydrogen) atoms. The van der Waals surface area contributed by atoms with Crippen molar-refractivity contribution in [3.05, 3.63) is 34.6 Å². The molecule has 5 nitrogen and oxygen atoms in total. The molecule has 1 amide bonds. The summed E-state index contributed by atoms with van der Waals surface area (Å²) in [6, 6.07) is 4.26. The van der Waals surface area contributed by atoms with Gasteiger partial charge in [0.05, 0.1) is 17.5 Å². The van der Waals surface area contributed by atoms with Gasteiger partial charge in [-0.2, -0.15) is 15.3 Å². The van der Waals surface area contributed by atoms with Gasteiger partial charge in [0, 0.05) is 5.56 Å². The van der Waals surface area contributed by atoms with Gasteiger partial charge < -0.3 is 0 Å². The van der Waals surface area contributed by atoms with E-state index in [1.54, 1.807) is 0 Å². The molecule has 8 heteroatoms. The van der Waals surface area contributed by atoms with Crippen LogP contribution < -0.4 is 5.43 Å². The molecule has 1 heterocycles. The summed E-state index contributed by atoms with van der Waals surface area (Å²) < 4.78 is 13.4. The summed E-state index contributed by atoms with van der Waals surface area (Å²) in [5.74, 6) is -1.02. The van der Waals surface area contributed by atoms with Crippen molar-refractivity contribution in [2.75, 3.05) is 0 Å². The summed E-state index contributed by atoms with van der Waals surface area (Å²) in [6.07, 6.45) is 2.41. The second kappa shape index (κ2) is 5.90. The molecule has 0 saturated heterocycles. The maximum absolute atomic E-state index is 13.4. The molecule has 1 unspecified atom stereocenters. The molecule has 0 bridgehead atoms. The van der Waals surface area contributed by atoms with Gasteiger partial charge in [0.2, 0.25) is 0 Å². The Morgan fingerprint density at radius 1 is 1.47 bits per heavy atom. The number of hydrogen-bond acceptors (Lipinski definition) is 4. The molecule has 0 aromatic heterocycles. The van der Waals surface area contributed by atoms with Crippen LogP contribution in [0.1, 0.15) is 5.56 Å². The number of benzene rings is 1. The number of carbonyl (C=O) groups excluding carboxylic acids is 1. The number of amides is 1. The van der Waals surface area contributed by atoms with Gasteiger partial charge in [-0.05, 0) is 12.1 Å². The molecule has 98 valence electrons. The molecule has 0 aliphatic carbocycles. The average Bonchev–Trinajstić information content (AvgIpc) is 2.38. The van der Waals surface area contributed by atoms with E-state index in [9.17, 15) is 9.18 Å². The number of nitrogens with zero attached hydrogens (tertiary/aromatic N) is 3. The highest BCUT2D eigenvalue weighted by Gasteiger charge is 2.23. The van der Waals surface area contributed by atoms with Crippen LogP contribution in [0.25, 0.3) is 0 Å². The van der Waals surface area contributed by atoms with Gasteiger partial charge in [0.25, 0.3) is 5.91 Å². The summed E-state index contributed by atoms with van der Waals surface area (Å²) in [5, 5.41) is 10.1. The van der Waals surface area contributed by atoms with Crippen LogP contribution in [0.4, 0.5) is 4.39 Å². The first kappa shape index (κ1) is 13.6. The minimum atomic E-state index is -0.981. The van der Waals surface area contributed by atoms with Crippen LogP contribution in [-0.4, -0.2) is 29.4 Å². The number of rotatable bonds is 2. The minimum Gasteiger partial charge on any atom is -0.271 e. The van der Waals surface area contributed by atoms with Crippen molar-refractivity contribution in [1.82, 2.24) is 5.43 Å². The van der Waals surface area contributed by atoms with E-state index in [1.165, 1.54) is 24.4 Å². The van der Waals surface area contributed by atoms with Crippen LogP contribution in [0.5, 0.6) is 0 Å². The van der Waals surface area contributed by atoms with Crippen LogP contribution >= 0.6 is 23.2 Å². The Morgan fingerprint density at radius 3 is 3.00 bits per heavy atom. The van der Waals surface area contributed by atoms with E-state index >= 15 is 0 Å². The number of nitrogens with one attached hydrogen (secondary N) is 1. The number of carbonyl (C=O) groups is 1. The summed E-state index contributed by atoms with van der Waals surface area (Å²) in [7, 11) is 0. The third-order valence-electron chi connectivity index (χ3n) is 2.22. The fourth-order valence-electron chi connectivity index (χ4n) is 1.28. The molecule has 0 radical (unpaired) electrons. The zero-order valence-corrected chi connectivity index (χ0v) is 10.9. The zero-order chi connectivity index (χ0) is 13.8. The summed E-state index contributed by atoms with van der Waals surface area (Å²) in [5.41, 5.74) is 2.44. The molecule has 0 fully saturated rings. The highest BCUT2D eigenvalue weighted by atomic mass is 35.5. The fourth-order valence-corrected chi connectivity index (χ4v) is 1.64.